The smallest absolute Gasteiger partial charge is 0.0194 e. The van der Waals surface area contributed by atoms with Gasteiger partial charge in [0.25, 0.3) is 0 Å². The van der Waals surface area contributed by atoms with Gasteiger partial charge in [0.15, 0.2) is 0 Å². The Hall–Kier alpha value is -2.86. The van der Waals surface area contributed by atoms with Crippen molar-refractivity contribution >= 4 is 5.57 Å². The lowest BCUT2D eigenvalue weighted by atomic mass is 9.41. The van der Waals surface area contributed by atoms with E-state index in [1.165, 1.54) is 112 Å². The second kappa shape index (κ2) is 10.6. The minimum atomic E-state index is -0.116. The van der Waals surface area contributed by atoms with Gasteiger partial charge in [-0.2, -0.15) is 0 Å². The largest absolute Gasteiger partial charge is 0.0955 e. The molecule has 1 fully saturated rings. The number of rotatable bonds is 5. The maximum Gasteiger partial charge on any atom is 0.0194 e. The van der Waals surface area contributed by atoms with Crippen molar-refractivity contribution in [1.29, 1.82) is 0 Å². The molecule has 4 aliphatic carbocycles. The van der Waals surface area contributed by atoms with Crippen LogP contribution in [0.1, 0.15) is 115 Å². The molecule has 0 nitrogen and oxygen atoms in total. The van der Waals surface area contributed by atoms with Gasteiger partial charge >= 0.3 is 0 Å². The van der Waals surface area contributed by atoms with Crippen LogP contribution in [-0.4, -0.2) is 0 Å². The summed E-state index contributed by atoms with van der Waals surface area (Å²) < 4.78 is 0. The van der Waals surface area contributed by atoms with Gasteiger partial charge in [-0.3, -0.25) is 0 Å². The summed E-state index contributed by atoms with van der Waals surface area (Å²) in [5.74, 6) is 0.933. The summed E-state index contributed by atoms with van der Waals surface area (Å²) in [4.78, 5) is 0. The SMILES string of the molecule is C=C(C)C1=C(C)C[C@@]2(C)C[C@@]3(C)Cc4c(-c5ccc(CCC6CCCCC6)cc5)ccc(C)c4C(=C)C3=C(C)[C@@]2(C)C1=C. The van der Waals surface area contributed by atoms with Gasteiger partial charge in [-0.25, -0.2) is 0 Å². The highest BCUT2D eigenvalue weighted by Gasteiger charge is 2.59. The summed E-state index contributed by atoms with van der Waals surface area (Å²) in [7, 11) is 0. The Balaban J connectivity index is 1.39. The highest BCUT2D eigenvalue weighted by atomic mass is 14.6. The van der Waals surface area contributed by atoms with E-state index >= 15 is 0 Å². The molecule has 0 unspecified atom stereocenters. The first-order valence-corrected chi connectivity index (χ1v) is 17.0. The maximum absolute atomic E-state index is 4.88. The normalized spacial score (nSPS) is 29.4. The molecule has 3 atom stereocenters. The molecule has 0 N–H and O–H groups in total. The van der Waals surface area contributed by atoms with Crippen molar-refractivity contribution in [3.8, 4) is 11.1 Å². The predicted octanol–water partition coefficient (Wildman–Crippen LogP) is 12.3. The summed E-state index contributed by atoms with van der Waals surface area (Å²) in [6.45, 7) is 30.7. The molecule has 43 heavy (non-hydrogen) atoms. The lowest BCUT2D eigenvalue weighted by Gasteiger charge is -2.62. The topological polar surface area (TPSA) is 0 Å². The van der Waals surface area contributed by atoms with Gasteiger partial charge in [0.1, 0.15) is 0 Å². The van der Waals surface area contributed by atoms with E-state index in [4.69, 9.17) is 13.2 Å². The summed E-state index contributed by atoms with van der Waals surface area (Å²) in [5.41, 5.74) is 17.8. The molecule has 0 heteroatoms. The molecule has 2 aromatic rings. The molecule has 226 valence electrons. The predicted molar refractivity (Wildman–Crippen MR) is 187 cm³/mol. The van der Waals surface area contributed by atoms with E-state index in [0.29, 0.717) is 0 Å². The third-order valence-corrected chi connectivity index (χ3v) is 12.7. The van der Waals surface area contributed by atoms with Gasteiger partial charge in [-0.15, -0.1) is 0 Å². The molecule has 0 aromatic heterocycles. The zero-order valence-corrected chi connectivity index (χ0v) is 28.2. The minimum Gasteiger partial charge on any atom is -0.0955 e. The van der Waals surface area contributed by atoms with Crippen molar-refractivity contribution in [3.63, 3.8) is 0 Å². The number of allylic oxidation sites excluding steroid dienone is 7. The molecular formula is C43H54. The van der Waals surface area contributed by atoms with E-state index in [0.717, 1.165) is 30.8 Å². The molecule has 1 saturated carbocycles. The number of aryl methyl sites for hydroxylation is 2. The number of hydrogen-bond acceptors (Lipinski definition) is 0. The Morgan fingerprint density at radius 3 is 2.21 bits per heavy atom. The molecule has 0 aliphatic heterocycles. The van der Waals surface area contributed by atoms with Crippen LogP contribution in [0.25, 0.3) is 16.7 Å². The highest BCUT2D eigenvalue weighted by molar-refractivity contribution is 5.90. The van der Waals surface area contributed by atoms with Gasteiger partial charge < -0.3 is 0 Å². The van der Waals surface area contributed by atoms with Gasteiger partial charge in [-0.05, 0) is 132 Å². The average Bonchev–Trinajstić information content (AvgIpc) is 2.94. The van der Waals surface area contributed by atoms with Crippen LogP contribution < -0.4 is 0 Å². The minimum absolute atomic E-state index is 0.0339. The van der Waals surface area contributed by atoms with Crippen LogP contribution >= 0.6 is 0 Å². The van der Waals surface area contributed by atoms with Crippen molar-refractivity contribution in [1.82, 2.24) is 0 Å². The van der Waals surface area contributed by atoms with Crippen LogP contribution in [0.2, 0.25) is 0 Å². The molecule has 0 heterocycles. The molecule has 0 amide bonds. The Morgan fingerprint density at radius 1 is 0.884 bits per heavy atom. The van der Waals surface area contributed by atoms with E-state index in [-0.39, 0.29) is 16.2 Å². The van der Waals surface area contributed by atoms with Crippen LogP contribution in [0.5, 0.6) is 0 Å². The van der Waals surface area contributed by atoms with Gasteiger partial charge in [-0.1, -0.05) is 126 Å². The van der Waals surface area contributed by atoms with E-state index in [2.05, 4.69) is 91.4 Å². The zero-order chi connectivity index (χ0) is 30.9. The molecule has 6 rings (SSSR count). The summed E-state index contributed by atoms with van der Waals surface area (Å²) in [6, 6.07) is 14.3. The quantitative estimate of drug-likeness (QED) is 0.335. The second-order valence-corrected chi connectivity index (χ2v) is 15.7. The van der Waals surface area contributed by atoms with Crippen molar-refractivity contribution in [2.24, 2.45) is 22.2 Å². The number of hydrogen-bond donors (Lipinski definition) is 0. The fourth-order valence-electron chi connectivity index (χ4n) is 10.5. The van der Waals surface area contributed by atoms with Crippen LogP contribution in [0.3, 0.4) is 0 Å². The van der Waals surface area contributed by atoms with Crippen LogP contribution in [0.4, 0.5) is 0 Å². The summed E-state index contributed by atoms with van der Waals surface area (Å²) in [6.07, 6.45) is 13.0. The lowest BCUT2D eigenvalue weighted by molar-refractivity contribution is 0.0544. The molecule has 0 radical (unpaired) electrons. The standard InChI is InChI=1S/C43H54/c1-27(2)38-29(4)24-42(9)26-41(8)25-37-36(35-21-19-34(20-22-35)18-17-33-14-12-11-13-15-33)23-16-28(3)39(37)30(5)40(41)32(7)43(42,10)31(38)6/h16,19-23,33H,1,5-6,11-15,17-18,24-26H2,2-4,7-10H3/t41-,42+,43-/m1/s1. The molecule has 4 aliphatic rings. The average molecular weight is 571 g/mol. The maximum atomic E-state index is 4.88. The summed E-state index contributed by atoms with van der Waals surface area (Å²) >= 11 is 0. The lowest BCUT2D eigenvalue weighted by Crippen LogP contribution is -2.52. The first-order valence-electron chi connectivity index (χ1n) is 17.0. The Labute approximate surface area is 262 Å². The molecule has 0 saturated heterocycles. The van der Waals surface area contributed by atoms with E-state index in [1.54, 1.807) is 0 Å². The van der Waals surface area contributed by atoms with Crippen molar-refractivity contribution in [2.75, 3.05) is 0 Å². The number of benzene rings is 2. The Morgan fingerprint density at radius 2 is 1.56 bits per heavy atom. The van der Waals surface area contributed by atoms with Crippen molar-refractivity contribution in [2.45, 2.75) is 113 Å². The third-order valence-electron chi connectivity index (χ3n) is 12.7. The first-order chi connectivity index (χ1) is 20.3. The Bertz CT molecular complexity index is 1580. The van der Waals surface area contributed by atoms with Crippen molar-refractivity contribution in [3.05, 3.63) is 112 Å². The molecule has 2 aromatic carbocycles. The fraction of sp³-hybridized carbons (Fsp3) is 0.488. The van der Waals surface area contributed by atoms with E-state index in [9.17, 15) is 0 Å². The van der Waals surface area contributed by atoms with Crippen LogP contribution in [-0.2, 0) is 12.8 Å². The first kappa shape index (κ1) is 30.2. The molecular weight excluding hydrogens is 516 g/mol. The van der Waals surface area contributed by atoms with Gasteiger partial charge in [0.2, 0.25) is 0 Å². The van der Waals surface area contributed by atoms with Crippen molar-refractivity contribution < 1.29 is 0 Å². The molecule has 0 bridgehead atoms. The zero-order valence-electron chi connectivity index (χ0n) is 28.2. The van der Waals surface area contributed by atoms with Crippen LogP contribution in [0, 0.1) is 29.1 Å². The fourth-order valence-corrected chi connectivity index (χ4v) is 10.5. The van der Waals surface area contributed by atoms with E-state index in [1.807, 2.05) is 0 Å². The van der Waals surface area contributed by atoms with Crippen LogP contribution in [0.15, 0.2) is 89.6 Å². The monoisotopic (exact) mass is 570 g/mol. The van der Waals surface area contributed by atoms with Gasteiger partial charge in [0.05, 0.1) is 0 Å². The summed E-state index contributed by atoms with van der Waals surface area (Å²) in [5, 5.41) is 0. The third kappa shape index (κ3) is 4.62. The highest BCUT2D eigenvalue weighted by Crippen LogP contribution is 2.70. The van der Waals surface area contributed by atoms with Gasteiger partial charge in [0, 0.05) is 5.41 Å². The number of fused-ring (bicyclic) bond motifs is 3. The second-order valence-electron chi connectivity index (χ2n) is 15.7. The van der Waals surface area contributed by atoms with E-state index < -0.39 is 0 Å². The Kier molecular flexibility index (Phi) is 7.47. The molecule has 0 spiro atoms.